The number of para-hydroxylation sites is 1. The van der Waals surface area contributed by atoms with E-state index >= 15 is 0 Å². The average Bonchev–Trinajstić information content (AvgIpc) is 3.61. The van der Waals surface area contributed by atoms with Crippen molar-refractivity contribution < 1.29 is 19.1 Å². The minimum Gasteiger partial charge on any atom is -0.489 e. The van der Waals surface area contributed by atoms with Gasteiger partial charge in [0.15, 0.2) is 11.5 Å². The normalized spacial score (nSPS) is 21.6. The second-order valence-corrected chi connectivity index (χ2v) is 11.0. The molecule has 1 spiro atoms. The van der Waals surface area contributed by atoms with Crippen LogP contribution in [0.4, 0.5) is 0 Å². The van der Waals surface area contributed by atoms with Crippen molar-refractivity contribution in [1.29, 1.82) is 0 Å². The van der Waals surface area contributed by atoms with Gasteiger partial charge in [-0.25, -0.2) is 0 Å². The highest BCUT2D eigenvalue weighted by atomic mass is 16.5. The standard InChI is InChI=1S/C32H30N4O4/c37-29-13-12-22-8-4-9-25(14-22)40-28-11-5-10-26-27-18-35(20-32(27,19-33-29)21-39-30(26)28)31(38)24-15-34-36(17-24)16-23-6-2-1-3-7-23/h1-11,14-15,17,27H,12-13,16,18-21H2,(H,33,37)/t27-,32+/m1/s1. The van der Waals surface area contributed by atoms with Crippen molar-refractivity contribution in [3.05, 3.63) is 107 Å². The van der Waals surface area contributed by atoms with Crippen molar-refractivity contribution in [1.82, 2.24) is 20.0 Å². The first-order valence-electron chi connectivity index (χ1n) is 13.7. The zero-order valence-corrected chi connectivity index (χ0v) is 22.1. The van der Waals surface area contributed by atoms with Crippen LogP contribution in [-0.4, -0.2) is 52.7 Å². The first-order valence-corrected chi connectivity index (χ1v) is 13.7. The van der Waals surface area contributed by atoms with E-state index in [-0.39, 0.29) is 17.7 Å². The van der Waals surface area contributed by atoms with Crippen LogP contribution >= 0.6 is 0 Å². The summed E-state index contributed by atoms with van der Waals surface area (Å²) in [7, 11) is 0. The molecule has 0 unspecified atom stereocenters. The Balaban J connectivity index is 1.20. The van der Waals surface area contributed by atoms with Crippen LogP contribution in [0, 0.1) is 5.41 Å². The third-order valence-electron chi connectivity index (χ3n) is 8.30. The molecule has 4 aliphatic heterocycles. The molecular formula is C32H30N4O4. The monoisotopic (exact) mass is 534 g/mol. The Morgan fingerprint density at radius 1 is 1.05 bits per heavy atom. The van der Waals surface area contributed by atoms with Gasteiger partial charge in [-0.05, 0) is 35.7 Å². The lowest BCUT2D eigenvalue weighted by atomic mass is 9.73. The van der Waals surface area contributed by atoms with Gasteiger partial charge in [-0.15, -0.1) is 0 Å². The van der Waals surface area contributed by atoms with Crippen LogP contribution in [0.5, 0.6) is 17.2 Å². The largest absolute Gasteiger partial charge is 0.489 e. The smallest absolute Gasteiger partial charge is 0.257 e. The number of amides is 2. The zero-order valence-electron chi connectivity index (χ0n) is 22.1. The van der Waals surface area contributed by atoms with Crippen LogP contribution < -0.4 is 14.8 Å². The SMILES string of the molecule is O=C1CCc2cccc(c2)Oc2cccc3c2OC[C@]2(CN1)CN(C(=O)c1cnn(Cc4ccccc4)c1)C[C@H]32. The van der Waals surface area contributed by atoms with Crippen LogP contribution in [0.25, 0.3) is 0 Å². The number of rotatable bonds is 3. The zero-order chi connectivity index (χ0) is 27.1. The number of nitrogens with zero attached hydrogens (tertiary/aromatic N) is 3. The van der Waals surface area contributed by atoms with E-state index in [0.29, 0.717) is 68.4 Å². The molecule has 4 aliphatic rings. The van der Waals surface area contributed by atoms with Gasteiger partial charge in [0.05, 0.1) is 24.9 Å². The third-order valence-corrected chi connectivity index (χ3v) is 8.30. The molecule has 1 saturated heterocycles. The molecule has 5 heterocycles. The minimum atomic E-state index is -0.449. The van der Waals surface area contributed by atoms with Gasteiger partial charge in [-0.3, -0.25) is 14.3 Å². The summed E-state index contributed by atoms with van der Waals surface area (Å²) in [4.78, 5) is 28.5. The molecule has 1 N–H and O–H groups in total. The summed E-state index contributed by atoms with van der Waals surface area (Å²) < 4.78 is 14.5. The predicted molar refractivity (Wildman–Crippen MR) is 149 cm³/mol. The first kappa shape index (κ1) is 24.5. The van der Waals surface area contributed by atoms with Gasteiger partial charge in [0.1, 0.15) is 5.75 Å². The van der Waals surface area contributed by atoms with Crippen LogP contribution in [0.15, 0.2) is 85.2 Å². The molecule has 2 atom stereocenters. The fourth-order valence-electron chi connectivity index (χ4n) is 6.21. The van der Waals surface area contributed by atoms with E-state index in [1.165, 1.54) is 0 Å². The number of carbonyl (C=O) groups excluding carboxylic acids is 2. The molecule has 0 radical (unpaired) electrons. The summed E-state index contributed by atoms with van der Waals surface area (Å²) in [5.74, 6) is 1.99. The van der Waals surface area contributed by atoms with Crippen LogP contribution in [-0.2, 0) is 17.8 Å². The van der Waals surface area contributed by atoms with Gasteiger partial charge >= 0.3 is 0 Å². The highest BCUT2D eigenvalue weighted by Crippen LogP contribution is 2.52. The number of hydrogen-bond acceptors (Lipinski definition) is 5. The average molecular weight is 535 g/mol. The molecule has 2 amide bonds. The first-order chi connectivity index (χ1) is 19.6. The molecule has 1 aromatic heterocycles. The highest BCUT2D eigenvalue weighted by molar-refractivity contribution is 5.94. The number of fused-ring (bicyclic) bond motifs is 5. The van der Waals surface area contributed by atoms with Crippen molar-refractivity contribution in [2.24, 2.45) is 5.41 Å². The highest BCUT2D eigenvalue weighted by Gasteiger charge is 2.53. The quantitative estimate of drug-likeness (QED) is 0.421. The van der Waals surface area contributed by atoms with Gasteiger partial charge < -0.3 is 19.7 Å². The molecule has 6 bridgehead atoms. The number of aryl methyl sites for hydroxylation is 1. The number of benzene rings is 3. The number of hydrogen-bond donors (Lipinski definition) is 1. The Hall–Kier alpha value is -4.59. The number of carbonyl (C=O) groups is 2. The van der Waals surface area contributed by atoms with Gasteiger partial charge in [0.2, 0.25) is 5.91 Å². The Morgan fingerprint density at radius 3 is 2.83 bits per heavy atom. The summed E-state index contributed by atoms with van der Waals surface area (Å²) in [5.41, 5.74) is 3.26. The number of likely N-dealkylation sites (tertiary alicyclic amines) is 1. The predicted octanol–water partition coefficient (Wildman–Crippen LogP) is 4.40. The van der Waals surface area contributed by atoms with Crippen molar-refractivity contribution in [2.75, 3.05) is 26.2 Å². The Kier molecular flexibility index (Phi) is 6.03. The molecular weight excluding hydrogens is 504 g/mol. The molecule has 1 fully saturated rings. The molecule has 8 heteroatoms. The second-order valence-electron chi connectivity index (χ2n) is 11.0. The van der Waals surface area contributed by atoms with E-state index < -0.39 is 5.41 Å². The number of nitrogens with one attached hydrogen (secondary N) is 1. The molecule has 8 rings (SSSR count). The molecule has 40 heavy (non-hydrogen) atoms. The maximum absolute atomic E-state index is 13.8. The van der Waals surface area contributed by atoms with Crippen LogP contribution in [0.3, 0.4) is 0 Å². The maximum Gasteiger partial charge on any atom is 0.257 e. The Morgan fingerprint density at radius 2 is 1.93 bits per heavy atom. The van der Waals surface area contributed by atoms with Gasteiger partial charge in [0, 0.05) is 49.1 Å². The summed E-state index contributed by atoms with van der Waals surface area (Å²) in [6, 6.07) is 23.8. The van der Waals surface area contributed by atoms with E-state index in [1.54, 1.807) is 10.9 Å². The molecule has 0 saturated carbocycles. The van der Waals surface area contributed by atoms with E-state index in [4.69, 9.17) is 9.47 Å². The minimum absolute atomic E-state index is 0.0111. The van der Waals surface area contributed by atoms with Gasteiger partial charge in [-0.2, -0.15) is 5.10 Å². The molecule has 0 aliphatic carbocycles. The maximum atomic E-state index is 13.8. The molecule has 8 nitrogen and oxygen atoms in total. The molecule has 202 valence electrons. The van der Waals surface area contributed by atoms with Crippen molar-refractivity contribution in [3.8, 4) is 17.2 Å². The van der Waals surface area contributed by atoms with E-state index in [2.05, 4.69) is 16.5 Å². The van der Waals surface area contributed by atoms with Crippen molar-refractivity contribution in [2.45, 2.75) is 25.3 Å². The summed E-state index contributed by atoms with van der Waals surface area (Å²) in [5, 5.41) is 7.62. The number of aromatic nitrogens is 2. The Labute approximate surface area is 232 Å². The lowest BCUT2D eigenvalue weighted by Gasteiger charge is -2.39. The van der Waals surface area contributed by atoms with Crippen molar-refractivity contribution in [3.63, 3.8) is 0 Å². The van der Waals surface area contributed by atoms with Crippen LogP contribution in [0.1, 0.15) is 39.4 Å². The van der Waals surface area contributed by atoms with E-state index in [0.717, 1.165) is 16.7 Å². The lowest BCUT2D eigenvalue weighted by Crippen LogP contribution is -2.48. The fourth-order valence-corrected chi connectivity index (χ4v) is 6.21. The molecule has 4 aromatic rings. The molecule has 3 aromatic carbocycles. The Bertz CT molecular complexity index is 1580. The second kappa shape index (κ2) is 9.86. The topological polar surface area (TPSA) is 85.7 Å². The lowest BCUT2D eigenvalue weighted by molar-refractivity contribution is -0.121. The summed E-state index contributed by atoms with van der Waals surface area (Å²) in [6.45, 7) is 2.40. The fraction of sp³-hybridized carbons (Fsp3) is 0.281. The van der Waals surface area contributed by atoms with Crippen LogP contribution in [0.2, 0.25) is 0 Å². The summed E-state index contributed by atoms with van der Waals surface area (Å²) >= 11 is 0. The summed E-state index contributed by atoms with van der Waals surface area (Å²) in [6.07, 6.45) is 4.46. The number of ether oxygens (including phenoxy) is 2. The van der Waals surface area contributed by atoms with E-state index in [9.17, 15) is 9.59 Å². The van der Waals surface area contributed by atoms with Gasteiger partial charge in [0.25, 0.3) is 5.91 Å². The van der Waals surface area contributed by atoms with Gasteiger partial charge in [-0.1, -0.05) is 54.6 Å². The van der Waals surface area contributed by atoms with Crippen molar-refractivity contribution >= 4 is 11.8 Å². The third kappa shape index (κ3) is 4.49. The van der Waals surface area contributed by atoms with E-state index in [1.807, 2.05) is 77.8 Å².